The molecule has 0 aromatic carbocycles. The summed E-state index contributed by atoms with van der Waals surface area (Å²) >= 11 is 1.77. The van der Waals surface area contributed by atoms with E-state index in [1.54, 1.807) is 22.1 Å². The van der Waals surface area contributed by atoms with Gasteiger partial charge in [-0.05, 0) is 57.4 Å². The minimum atomic E-state index is 0.0483. The maximum Gasteiger partial charge on any atom is 0.267 e. The lowest BCUT2D eigenvalue weighted by molar-refractivity contribution is 0.111. The lowest BCUT2D eigenvalue weighted by Crippen LogP contribution is -2.36. The highest BCUT2D eigenvalue weighted by atomic mass is 32.1. The van der Waals surface area contributed by atoms with Crippen LogP contribution in [-0.4, -0.2) is 27.4 Å². The first-order chi connectivity index (χ1) is 13.8. The van der Waals surface area contributed by atoms with Crippen molar-refractivity contribution in [1.82, 2.24) is 20.1 Å². The van der Waals surface area contributed by atoms with E-state index in [9.17, 15) is 4.79 Å². The zero-order valence-corrected chi connectivity index (χ0v) is 17.0. The first-order valence-corrected chi connectivity index (χ1v) is 11.5. The second-order valence-corrected chi connectivity index (χ2v) is 9.51. The van der Waals surface area contributed by atoms with Crippen LogP contribution in [-0.2, 0) is 11.3 Å². The fourth-order valence-electron chi connectivity index (χ4n) is 4.39. The van der Waals surface area contributed by atoms with Crippen LogP contribution in [0.25, 0.3) is 0 Å². The molecule has 7 heteroatoms. The van der Waals surface area contributed by atoms with Crippen molar-refractivity contribution in [3.05, 3.63) is 44.3 Å². The van der Waals surface area contributed by atoms with Crippen molar-refractivity contribution in [2.45, 2.75) is 82.0 Å². The van der Waals surface area contributed by atoms with Crippen LogP contribution in [0.15, 0.2) is 23.1 Å². The third-order valence-electron chi connectivity index (χ3n) is 6.23. The summed E-state index contributed by atoms with van der Waals surface area (Å²) in [4.78, 5) is 18.1. The molecule has 2 aliphatic carbocycles. The van der Waals surface area contributed by atoms with Crippen molar-refractivity contribution in [3.63, 3.8) is 0 Å². The molecule has 5 rings (SSSR count). The van der Waals surface area contributed by atoms with Crippen LogP contribution in [0.3, 0.4) is 0 Å². The number of thiazole rings is 1. The Morgan fingerprint density at radius 2 is 2.00 bits per heavy atom. The second-order valence-electron chi connectivity index (χ2n) is 8.37. The van der Waals surface area contributed by atoms with Gasteiger partial charge in [0, 0.05) is 42.3 Å². The number of hydrogen-bond acceptors (Lipinski definition) is 6. The minimum absolute atomic E-state index is 0.0483. The number of rotatable bonds is 6. The number of ether oxygens (including phenoxy) is 1. The number of nitrogens with zero attached hydrogens (tertiary/aromatic N) is 3. The van der Waals surface area contributed by atoms with Gasteiger partial charge < -0.3 is 10.1 Å². The Bertz CT molecular complexity index is 861. The Kier molecular flexibility index (Phi) is 5.30. The number of hydrogen-bond donors (Lipinski definition) is 1. The molecule has 0 bridgehead atoms. The van der Waals surface area contributed by atoms with Gasteiger partial charge in [0.05, 0.1) is 11.7 Å². The largest absolute Gasteiger partial charge is 0.371 e. The van der Waals surface area contributed by atoms with Crippen LogP contribution < -0.4 is 10.9 Å². The highest BCUT2D eigenvalue weighted by Crippen LogP contribution is 2.39. The molecule has 1 saturated heterocycles. The van der Waals surface area contributed by atoms with Crippen molar-refractivity contribution in [1.29, 1.82) is 0 Å². The third-order valence-corrected chi connectivity index (χ3v) is 7.31. The van der Waals surface area contributed by atoms with Crippen molar-refractivity contribution in [2.75, 3.05) is 6.61 Å². The highest BCUT2D eigenvalue weighted by Gasteiger charge is 2.28. The van der Waals surface area contributed by atoms with E-state index >= 15 is 0 Å². The predicted molar refractivity (Wildman–Crippen MR) is 109 cm³/mol. The molecule has 6 nitrogen and oxygen atoms in total. The molecule has 1 unspecified atom stereocenters. The summed E-state index contributed by atoms with van der Waals surface area (Å²) in [6.07, 6.45) is 11.1. The molecule has 0 amide bonds. The minimum Gasteiger partial charge on any atom is -0.371 e. The summed E-state index contributed by atoms with van der Waals surface area (Å²) in [5.41, 5.74) is 1.15. The molecule has 3 aliphatic rings. The molecule has 3 fully saturated rings. The zero-order valence-electron chi connectivity index (χ0n) is 16.2. The van der Waals surface area contributed by atoms with Gasteiger partial charge in [0.15, 0.2) is 0 Å². The first kappa shape index (κ1) is 18.5. The maximum atomic E-state index is 12.3. The topological polar surface area (TPSA) is 69.0 Å². The van der Waals surface area contributed by atoms with Gasteiger partial charge in [0.25, 0.3) is 5.56 Å². The Balaban J connectivity index is 1.13. The van der Waals surface area contributed by atoms with E-state index in [-0.39, 0.29) is 17.7 Å². The summed E-state index contributed by atoms with van der Waals surface area (Å²) in [6, 6.07) is 4.38. The average Bonchev–Trinajstić information content (AvgIpc) is 3.23. The highest BCUT2D eigenvalue weighted by molar-refractivity contribution is 7.11. The van der Waals surface area contributed by atoms with E-state index in [4.69, 9.17) is 4.74 Å². The molecule has 1 atom stereocenters. The lowest BCUT2D eigenvalue weighted by Gasteiger charge is -2.29. The van der Waals surface area contributed by atoms with Crippen molar-refractivity contribution < 1.29 is 4.74 Å². The molecular formula is C21H28N4O2S. The molecule has 28 heavy (non-hydrogen) atoms. The van der Waals surface area contributed by atoms with Crippen molar-refractivity contribution in [2.24, 2.45) is 0 Å². The van der Waals surface area contributed by atoms with E-state index in [0.717, 1.165) is 62.4 Å². The lowest BCUT2D eigenvalue weighted by atomic mass is 9.91. The van der Waals surface area contributed by atoms with Crippen LogP contribution in [0.2, 0.25) is 0 Å². The molecule has 1 aliphatic heterocycles. The van der Waals surface area contributed by atoms with Crippen molar-refractivity contribution in [3.8, 4) is 0 Å². The fraction of sp³-hybridized carbons (Fsp3) is 0.667. The monoisotopic (exact) mass is 400 g/mol. The summed E-state index contributed by atoms with van der Waals surface area (Å²) in [6.45, 7) is 1.73. The second kappa shape index (κ2) is 8.05. The van der Waals surface area contributed by atoms with Gasteiger partial charge in [-0.25, -0.2) is 9.67 Å². The Morgan fingerprint density at radius 3 is 2.75 bits per heavy atom. The van der Waals surface area contributed by atoms with E-state index in [2.05, 4.69) is 15.4 Å². The summed E-state index contributed by atoms with van der Waals surface area (Å²) in [7, 11) is 0. The molecule has 2 aromatic heterocycles. The van der Waals surface area contributed by atoms with Crippen LogP contribution in [0.5, 0.6) is 0 Å². The molecule has 150 valence electrons. The Labute approximate surface area is 169 Å². The van der Waals surface area contributed by atoms with E-state index in [1.165, 1.54) is 17.7 Å². The van der Waals surface area contributed by atoms with Gasteiger partial charge in [0.1, 0.15) is 11.1 Å². The fourth-order valence-corrected chi connectivity index (χ4v) is 5.35. The molecule has 0 radical (unpaired) electrons. The number of aromatic nitrogens is 3. The van der Waals surface area contributed by atoms with Crippen LogP contribution in [0.1, 0.15) is 85.0 Å². The smallest absolute Gasteiger partial charge is 0.267 e. The standard InChI is InChI=1S/C21H28N4O2S/c26-20-10-9-18(14-3-4-14)24-25(20)16-7-5-15(6-8-16)22-12-17-13-23-21(28-17)19-2-1-11-27-19/h9-10,13-16,19,22H,1-8,11-12H2. The van der Waals surface area contributed by atoms with Gasteiger partial charge in [-0.3, -0.25) is 4.79 Å². The molecule has 2 saturated carbocycles. The van der Waals surface area contributed by atoms with E-state index in [0.29, 0.717) is 12.0 Å². The molecule has 1 N–H and O–H groups in total. The van der Waals surface area contributed by atoms with Gasteiger partial charge in [-0.2, -0.15) is 5.10 Å². The van der Waals surface area contributed by atoms with Crippen LogP contribution in [0.4, 0.5) is 0 Å². The molecule has 0 spiro atoms. The van der Waals surface area contributed by atoms with E-state index in [1.807, 2.05) is 12.3 Å². The summed E-state index contributed by atoms with van der Waals surface area (Å²) in [5.74, 6) is 0.587. The molecule has 2 aromatic rings. The predicted octanol–water partition coefficient (Wildman–Crippen LogP) is 3.70. The Morgan fingerprint density at radius 1 is 1.14 bits per heavy atom. The zero-order chi connectivity index (χ0) is 18.9. The first-order valence-electron chi connectivity index (χ1n) is 10.7. The maximum absolute atomic E-state index is 12.3. The van der Waals surface area contributed by atoms with Gasteiger partial charge in [-0.15, -0.1) is 11.3 Å². The molecular weight excluding hydrogens is 372 g/mol. The SMILES string of the molecule is O=c1ccc(C2CC2)nn1C1CCC(NCc2cnc(C3CCCO3)s2)CC1. The third kappa shape index (κ3) is 4.07. The normalized spacial score (nSPS) is 27.9. The molecule has 3 heterocycles. The summed E-state index contributed by atoms with van der Waals surface area (Å²) < 4.78 is 7.50. The van der Waals surface area contributed by atoms with Crippen LogP contribution in [0, 0.1) is 0 Å². The van der Waals surface area contributed by atoms with Crippen LogP contribution >= 0.6 is 11.3 Å². The summed E-state index contributed by atoms with van der Waals surface area (Å²) in [5, 5.41) is 9.50. The number of nitrogens with one attached hydrogen (secondary N) is 1. The average molecular weight is 401 g/mol. The van der Waals surface area contributed by atoms with Gasteiger partial charge in [0.2, 0.25) is 0 Å². The van der Waals surface area contributed by atoms with Crippen molar-refractivity contribution >= 4 is 11.3 Å². The van der Waals surface area contributed by atoms with Gasteiger partial charge in [-0.1, -0.05) is 0 Å². The van der Waals surface area contributed by atoms with Gasteiger partial charge >= 0.3 is 0 Å². The van der Waals surface area contributed by atoms with E-state index < -0.39 is 0 Å². The Hall–Kier alpha value is -1.57. The quantitative estimate of drug-likeness (QED) is 0.801.